The van der Waals surface area contributed by atoms with Gasteiger partial charge in [0.25, 0.3) is 0 Å². The van der Waals surface area contributed by atoms with Crippen LogP contribution >= 0.6 is 0 Å². The average molecular weight is 343 g/mol. The summed E-state index contributed by atoms with van der Waals surface area (Å²) in [6, 6.07) is 0. The van der Waals surface area contributed by atoms with Gasteiger partial charge in [0.2, 0.25) is 0 Å². The third kappa shape index (κ3) is 14.5. The molecule has 0 aromatic heterocycles. The topological polar surface area (TPSA) is 92.2 Å². The summed E-state index contributed by atoms with van der Waals surface area (Å²) < 4.78 is 0. The molecule has 0 aliphatic rings. The fourth-order valence-electron chi connectivity index (χ4n) is 0. The molecule has 0 atom stereocenters. The van der Waals surface area contributed by atoms with Gasteiger partial charge in [-0.1, -0.05) is 0 Å². The van der Waals surface area contributed by atoms with Crippen LogP contribution in [0.25, 0.3) is 0 Å². The zero-order valence-electron chi connectivity index (χ0n) is 2.45. The predicted octanol–water partition coefficient (Wildman–Crippen LogP) is -5.14. The molecule has 6 heteroatoms. The standard InChI is InChI=1S/Cf.O4Si/c;1-5(2,3)4/q+4;-4. The van der Waals surface area contributed by atoms with Crippen molar-refractivity contribution in [2.45, 2.75) is 0 Å². The van der Waals surface area contributed by atoms with E-state index in [1.807, 2.05) is 0 Å². The van der Waals surface area contributed by atoms with Gasteiger partial charge in [0.15, 0.2) is 0 Å². The van der Waals surface area contributed by atoms with Crippen LogP contribution in [0.3, 0.4) is 0 Å². The van der Waals surface area contributed by atoms with Crippen LogP contribution in [0.1, 0.15) is 0 Å². The summed E-state index contributed by atoms with van der Waals surface area (Å²) in [5.41, 5.74) is 0. The minimum absolute atomic E-state index is 0. The Bertz CT molecular complexity index is 23.0. The van der Waals surface area contributed by atoms with Crippen molar-refractivity contribution in [1.29, 1.82) is 0 Å². The average Bonchev–Trinajstić information content (AvgIpc) is 0.722. The normalized spacial score (nSPS) is 10.0. The third-order valence-electron chi connectivity index (χ3n) is 0. The molecular weight excluding hydrogens is 343 g/mol. The number of hydrogen-bond donors (Lipinski definition) is 0. The predicted molar refractivity (Wildman–Crippen MR) is 5.75 cm³/mol. The fraction of sp³-hybridized carbons (Fsp3) is 0. The molecule has 0 rings (SSSR count). The van der Waals surface area contributed by atoms with E-state index in [4.69, 9.17) is 19.2 Å². The van der Waals surface area contributed by atoms with Crippen molar-refractivity contribution in [2.75, 3.05) is 0 Å². The molecule has 0 saturated heterocycles. The van der Waals surface area contributed by atoms with Gasteiger partial charge in [0.1, 0.15) is 0 Å². The molecule has 0 aliphatic heterocycles. The van der Waals surface area contributed by atoms with Crippen LogP contribution in [0.15, 0.2) is 0 Å². The first-order chi connectivity index (χ1) is 2.00. The molecule has 0 radical (unpaired) electrons. The van der Waals surface area contributed by atoms with Gasteiger partial charge in [-0.3, -0.25) is 0 Å². The second-order valence-corrected chi connectivity index (χ2v) is 1.50. The van der Waals surface area contributed by atoms with Crippen molar-refractivity contribution < 1.29 is 19.2 Å². The first-order valence-corrected chi connectivity index (χ1v) is 2.45. The maximum Gasteiger partial charge on any atom is 4.00 e. The van der Waals surface area contributed by atoms with Crippen molar-refractivity contribution in [3.63, 3.8) is 0 Å². The Hall–Kier alpha value is -0.943. The van der Waals surface area contributed by atoms with E-state index in [2.05, 4.69) is 0 Å². The molecule has 0 amide bonds. The first-order valence-electron chi connectivity index (χ1n) is 0.816. The molecule has 38 valence electrons. The van der Waals surface area contributed by atoms with E-state index in [-0.39, 0.29) is 0 Å². The van der Waals surface area contributed by atoms with E-state index < -0.39 is 9.05 Å². The van der Waals surface area contributed by atoms with Crippen LogP contribution in [-0.4, -0.2) is 9.05 Å². The summed E-state index contributed by atoms with van der Waals surface area (Å²) in [5, 5.41) is 0. The van der Waals surface area contributed by atoms with Crippen LogP contribution in [0, 0.1) is 0 Å². The Balaban J connectivity index is 0. The van der Waals surface area contributed by atoms with Crippen molar-refractivity contribution in [3.05, 3.63) is 0 Å². The molecule has 0 N–H and O–H groups in total. The molecular formula is CfO4Si. The summed E-state index contributed by atoms with van der Waals surface area (Å²) in [6.45, 7) is 0. The molecule has 0 unspecified atom stereocenters. The van der Waals surface area contributed by atoms with Gasteiger partial charge < -0.3 is 28.2 Å². The maximum absolute atomic E-state index is 8.58. The van der Waals surface area contributed by atoms with Gasteiger partial charge in [-0.25, -0.2) is 0 Å². The molecule has 4 nitrogen and oxygen atoms in total. The quantitative estimate of drug-likeness (QED) is 0.411. The van der Waals surface area contributed by atoms with Gasteiger partial charge in [-0.2, -0.15) is 0 Å². The number of hydrogen-bond acceptors (Lipinski definition) is 4. The SMILES string of the molecule is [Cf+4].[O-][Si]([O-])([O-])[O-]. The first kappa shape index (κ1) is 8.91. The summed E-state index contributed by atoms with van der Waals surface area (Å²) in [4.78, 5) is 34.3. The van der Waals surface area contributed by atoms with Crippen LogP contribution in [0.2, 0.25) is 0 Å². The Labute approximate surface area is 29.4 Å². The van der Waals surface area contributed by atoms with Crippen LogP contribution in [0.5, 0.6) is 0 Å². The summed E-state index contributed by atoms with van der Waals surface area (Å²) in [7, 11) is -5.61. The van der Waals surface area contributed by atoms with Gasteiger partial charge in [-0.05, 0) is 0 Å². The van der Waals surface area contributed by atoms with Crippen molar-refractivity contribution >= 4 is 9.05 Å². The summed E-state index contributed by atoms with van der Waals surface area (Å²) in [5.74, 6) is 0. The molecule has 0 saturated carbocycles. The van der Waals surface area contributed by atoms with Gasteiger partial charge in [-0.15, -0.1) is 0 Å². The smallest absolute Gasteiger partial charge is 0.894 e. The Morgan fingerprint density at radius 2 is 0.833 bits per heavy atom. The van der Waals surface area contributed by atoms with Crippen LogP contribution in [0.4, 0.5) is 0 Å². The second-order valence-electron chi connectivity index (χ2n) is 0.500. The van der Waals surface area contributed by atoms with E-state index in [0.717, 1.165) is 0 Å². The summed E-state index contributed by atoms with van der Waals surface area (Å²) >= 11 is 0. The van der Waals surface area contributed by atoms with E-state index >= 15 is 0 Å². The zero-order valence-corrected chi connectivity index (χ0v) is 6.08. The minimum Gasteiger partial charge on any atom is -0.894 e. The van der Waals surface area contributed by atoms with E-state index in [0.29, 0.717) is 0 Å². The van der Waals surface area contributed by atoms with Gasteiger partial charge in [0, 0.05) is 0 Å². The third-order valence-corrected chi connectivity index (χ3v) is 0. The molecule has 0 spiro atoms. The van der Waals surface area contributed by atoms with Gasteiger partial charge >= 0.3 is 0 Å². The molecule has 0 aromatic carbocycles. The summed E-state index contributed by atoms with van der Waals surface area (Å²) in [6.07, 6.45) is 0. The van der Waals surface area contributed by atoms with Gasteiger partial charge in [0.05, 0.1) is 0 Å². The van der Waals surface area contributed by atoms with E-state index in [1.165, 1.54) is 0 Å². The van der Waals surface area contributed by atoms with Crippen molar-refractivity contribution in [1.82, 2.24) is 0 Å². The van der Waals surface area contributed by atoms with Crippen LogP contribution in [-0.2, 0) is 0 Å². The molecule has 0 heterocycles. The minimum atomic E-state index is -5.61. The van der Waals surface area contributed by atoms with Crippen molar-refractivity contribution in [2.24, 2.45) is 0 Å². The van der Waals surface area contributed by atoms with E-state index in [9.17, 15) is 0 Å². The molecule has 0 bridgehead atoms. The molecule has 6 heavy (non-hydrogen) atoms. The molecule has 0 aromatic rings. The Kier molecular flexibility index (Phi) is 2.20. The number of rotatable bonds is 0. The fourth-order valence-corrected chi connectivity index (χ4v) is 0. The van der Waals surface area contributed by atoms with Crippen LogP contribution < -0.4 is 19.2 Å². The Morgan fingerprint density at radius 3 is 0.833 bits per heavy atom. The largest absolute Gasteiger partial charge is 4.00 e. The second kappa shape index (κ2) is 1.48. The molecule has 0 aliphatic carbocycles. The monoisotopic (exact) mass is 341 g/mol. The van der Waals surface area contributed by atoms with E-state index in [1.54, 1.807) is 0 Å². The zero-order chi connectivity index (χ0) is 4.50. The van der Waals surface area contributed by atoms with Crippen molar-refractivity contribution in [3.8, 4) is 0 Å². The maximum atomic E-state index is 8.58. The Morgan fingerprint density at radius 1 is 0.833 bits per heavy atom. The molecule has 0 fully saturated rings.